The Morgan fingerprint density at radius 2 is 2.12 bits per heavy atom. The van der Waals surface area contributed by atoms with E-state index in [0.29, 0.717) is 0 Å². The van der Waals surface area contributed by atoms with Gasteiger partial charge in [-0.15, -0.1) is 0 Å². The monoisotopic (exact) mass is 244 g/mol. The van der Waals surface area contributed by atoms with Crippen molar-refractivity contribution in [3.8, 4) is 5.75 Å². The fourth-order valence-electron chi connectivity index (χ4n) is 1.47. The minimum absolute atomic E-state index is 0.0113. The van der Waals surface area contributed by atoms with Crippen molar-refractivity contribution in [1.82, 2.24) is 0 Å². The number of rotatable bonds is 4. The molecule has 0 N–H and O–H groups in total. The number of methoxy groups -OCH3 is 1. The van der Waals surface area contributed by atoms with Gasteiger partial charge in [-0.05, 0) is 29.7 Å². The minimum atomic E-state index is 0.0113. The molecule has 0 bridgehead atoms. The zero-order chi connectivity index (χ0) is 12.1. The topological polar surface area (TPSA) is 26.3 Å². The van der Waals surface area contributed by atoms with Crippen molar-refractivity contribution in [3.05, 3.63) is 58.3 Å². The molecule has 1 aromatic carbocycles. The quantitative estimate of drug-likeness (QED) is 0.606. The molecule has 2 rings (SSSR count). The van der Waals surface area contributed by atoms with Gasteiger partial charge in [0.25, 0.3) is 0 Å². The average molecular weight is 244 g/mol. The second-order valence-corrected chi connectivity index (χ2v) is 4.23. The summed E-state index contributed by atoms with van der Waals surface area (Å²) in [6, 6.07) is 9.42. The number of hydrogen-bond donors (Lipinski definition) is 0. The molecule has 0 spiro atoms. The second-order valence-electron chi connectivity index (χ2n) is 3.45. The smallest absolute Gasteiger partial charge is 0.186 e. The van der Waals surface area contributed by atoms with E-state index in [1.807, 2.05) is 41.1 Å². The van der Waals surface area contributed by atoms with Gasteiger partial charge in [-0.2, -0.15) is 11.3 Å². The van der Waals surface area contributed by atoms with Crippen LogP contribution in [0, 0.1) is 0 Å². The SMILES string of the molecule is COc1ccccc1/C=C/C(=O)c1ccsc1. The lowest BCUT2D eigenvalue weighted by atomic mass is 10.1. The van der Waals surface area contributed by atoms with Crippen LogP contribution in [0.5, 0.6) is 5.75 Å². The summed E-state index contributed by atoms with van der Waals surface area (Å²) >= 11 is 1.52. The second kappa shape index (κ2) is 5.46. The number of carbonyl (C=O) groups is 1. The number of ketones is 1. The molecule has 0 amide bonds. The number of benzene rings is 1. The molecule has 2 aromatic rings. The van der Waals surface area contributed by atoms with Crippen LogP contribution in [-0.2, 0) is 0 Å². The lowest BCUT2D eigenvalue weighted by Crippen LogP contribution is -1.91. The van der Waals surface area contributed by atoms with Crippen LogP contribution in [0.1, 0.15) is 15.9 Å². The molecule has 0 fully saturated rings. The molecule has 0 aliphatic heterocycles. The molecule has 0 radical (unpaired) electrons. The predicted octanol–water partition coefficient (Wildman–Crippen LogP) is 3.65. The van der Waals surface area contributed by atoms with Crippen molar-refractivity contribution in [3.63, 3.8) is 0 Å². The Labute approximate surface area is 104 Å². The van der Waals surface area contributed by atoms with Gasteiger partial charge < -0.3 is 4.74 Å². The summed E-state index contributed by atoms with van der Waals surface area (Å²) < 4.78 is 5.21. The fourth-order valence-corrected chi connectivity index (χ4v) is 2.12. The first-order valence-corrected chi connectivity index (χ1v) is 6.13. The molecule has 2 nitrogen and oxygen atoms in total. The number of carbonyl (C=O) groups excluding carboxylic acids is 1. The standard InChI is InChI=1S/C14H12O2S/c1-16-14-5-3-2-4-11(14)6-7-13(15)12-8-9-17-10-12/h2-10H,1H3/b7-6+. The molecule has 0 unspecified atom stereocenters. The molecule has 0 aliphatic carbocycles. The predicted molar refractivity (Wildman–Crippen MR) is 70.7 cm³/mol. The van der Waals surface area contributed by atoms with Crippen molar-refractivity contribution in [1.29, 1.82) is 0 Å². The highest BCUT2D eigenvalue weighted by Crippen LogP contribution is 2.19. The third-order valence-electron chi connectivity index (χ3n) is 2.36. The van der Waals surface area contributed by atoms with Gasteiger partial charge in [0, 0.05) is 16.5 Å². The van der Waals surface area contributed by atoms with E-state index in [0.717, 1.165) is 16.9 Å². The van der Waals surface area contributed by atoms with E-state index in [-0.39, 0.29) is 5.78 Å². The Hall–Kier alpha value is -1.87. The van der Waals surface area contributed by atoms with E-state index in [4.69, 9.17) is 4.74 Å². The van der Waals surface area contributed by atoms with Crippen LogP contribution >= 0.6 is 11.3 Å². The van der Waals surface area contributed by atoms with E-state index in [9.17, 15) is 4.79 Å². The highest BCUT2D eigenvalue weighted by Gasteiger charge is 2.02. The Kier molecular flexibility index (Phi) is 3.73. The summed E-state index contributed by atoms with van der Waals surface area (Å²) in [7, 11) is 1.62. The molecule has 17 heavy (non-hydrogen) atoms. The summed E-state index contributed by atoms with van der Waals surface area (Å²) in [6.07, 6.45) is 3.35. The fraction of sp³-hybridized carbons (Fsp3) is 0.0714. The number of ether oxygens (including phenoxy) is 1. The molecule has 1 heterocycles. The number of thiophene rings is 1. The van der Waals surface area contributed by atoms with Gasteiger partial charge in [0.15, 0.2) is 5.78 Å². The summed E-state index contributed by atoms with van der Waals surface area (Å²) in [4.78, 5) is 11.8. The van der Waals surface area contributed by atoms with Crippen LogP contribution in [0.2, 0.25) is 0 Å². The maximum absolute atomic E-state index is 11.8. The lowest BCUT2D eigenvalue weighted by molar-refractivity contribution is 0.104. The van der Waals surface area contributed by atoms with Crippen molar-refractivity contribution in [2.45, 2.75) is 0 Å². The molecular formula is C14H12O2S. The summed E-state index contributed by atoms with van der Waals surface area (Å²) in [5.41, 5.74) is 1.62. The first kappa shape index (κ1) is 11.6. The normalized spacial score (nSPS) is 10.6. The zero-order valence-electron chi connectivity index (χ0n) is 9.42. The number of para-hydroxylation sites is 1. The molecule has 0 aliphatic rings. The van der Waals surface area contributed by atoms with Gasteiger partial charge >= 0.3 is 0 Å². The third-order valence-corrected chi connectivity index (χ3v) is 3.04. The largest absolute Gasteiger partial charge is 0.496 e. The van der Waals surface area contributed by atoms with Crippen LogP contribution in [-0.4, -0.2) is 12.9 Å². The average Bonchev–Trinajstić information content (AvgIpc) is 2.90. The molecular weight excluding hydrogens is 232 g/mol. The van der Waals surface area contributed by atoms with E-state index >= 15 is 0 Å². The molecule has 0 atom stereocenters. The molecule has 0 saturated carbocycles. The molecule has 1 aromatic heterocycles. The van der Waals surface area contributed by atoms with Crippen molar-refractivity contribution in [2.75, 3.05) is 7.11 Å². The zero-order valence-corrected chi connectivity index (χ0v) is 10.2. The maximum atomic E-state index is 11.8. The Morgan fingerprint density at radius 1 is 1.29 bits per heavy atom. The highest BCUT2D eigenvalue weighted by molar-refractivity contribution is 7.08. The summed E-state index contributed by atoms with van der Waals surface area (Å²) in [5.74, 6) is 0.777. The van der Waals surface area contributed by atoms with Gasteiger partial charge in [-0.3, -0.25) is 4.79 Å². The lowest BCUT2D eigenvalue weighted by Gasteiger charge is -2.02. The Morgan fingerprint density at radius 3 is 2.82 bits per heavy atom. The van der Waals surface area contributed by atoms with E-state index in [1.54, 1.807) is 19.3 Å². The van der Waals surface area contributed by atoms with Gasteiger partial charge in [0.1, 0.15) is 5.75 Å². The Balaban J connectivity index is 2.18. The maximum Gasteiger partial charge on any atom is 0.186 e. The van der Waals surface area contributed by atoms with Gasteiger partial charge in [0.2, 0.25) is 0 Å². The summed E-state index contributed by atoms with van der Waals surface area (Å²) in [5, 5.41) is 3.74. The van der Waals surface area contributed by atoms with Gasteiger partial charge in [-0.25, -0.2) is 0 Å². The Bertz CT molecular complexity index is 527. The number of hydrogen-bond acceptors (Lipinski definition) is 3. The van der Waals surface area contributed by atoms with Crippen LogP contribution in [0.3, 0.4) is 0 Å². The number of allylic oxidation sites excluding steroid dienone is 1. The van der Waals surface area contributed by atoms with Crippen molar-refractivity contribution >= 4 is 23.2 Å². The first-order valence-electron chi connectivity index (χ1n) is 5.19. The van der Waals surface area contributed by atoms with Crippen molar-refractivity contribution in [2.24, 2.45) is 0 Å². The van der Waals surface area contributed by atoms with E-state index in [2.05, 4.69) is 0 Å². The molecule has 86 valence electrons. The molecule has 0 saturated heterocycles. The van der Waals surface area contributed by atoms with Gasteiger partial charge in [-0.1, -0.05) is 18.2 Å². The van der Waals surface area contributed by atoms with E-state index in [1.165, 1.54) is 11.3 Å². The molecule has 3 heteroatoms. The van der Waals surface area contributed by atoms with Crippen LogP contribution in [0.4, 0.5) is 0 Å². The third kappa shape index (κ3) is 2.82. The van der Waals surface area contributed by atoms with Crippen LogP contribution < -0.4 is 4.74 Å². The van der Waals surface area contributed by atoms with Crippen molar-refractivity contribution < 1.29 is 9.53 Å². The minimum Gasteiger partial charge on any atom is -0.496 e. The van der Waals surface area contributed by atoms with Crippen LogP contribution in [0.15, 0.2) is 47.2 Å². The van der Waals surface area contributed by atoms with E-state index < -0.39 is 0 Å². The summed E-state index contributed by atoms with van der Waals surface area (Å²) in [6.45, 7) is 0. The van der Waals surface area contributed by atoms with Gasteiger partial charge in [0.05, 0.1) is 7.11 Å². The highest BCUT2D eigenvalue weighted by atomic mass is 32.1. The van der Waals surface area contributed by atoms with Crippen LogP contribution in [0.25, 0.3) is 6.08 Å². The first-order chi connectivity index (χ1) is 8.31.